The molecule has 0 aliphatic carbocycles. The lowest BCUT2D eigenvalue weighted by Crippen LogP contribution is -2.22. The number of aromatic nitrogens is 4. The van der Waals surface area contributed by atoms with Crippen LogP contribution in [0.1, 0.15) is 10.4 Å². The van der Waals surface area contributed by atoms with Crippen molar-refractivity contribution in [2.75, 3.05) is 0 Å². The van der Waals surface area contributed by atoms with Gasteiger partial charge in [0.25, 0.3) is 0 Å². The third kappa shape index (κ3) is 2.46. The molecule has 0 spiro atoms. The van der Waals surface area contributed by atoms with Crippen LogP contribution in [0.5, 0.6) is 0 Å². The molecule has 0 fully saturated rings. The molecule has 0 aliphatic heterocycles. The Morgan fingerprint density at radius 1 is 0.741 bits per heavy atom. The van der Waals surface area contributed by atoms with E-state index < -0.39 is 5.97 Å². The van der Waals surface area contributed by atoms with Crippen molar-refractivity contribution in [2.24, 2.45) is 0 Å². The number of carboxylic acid groups (broad SMARTS) is 1. The lowest BCUT2D eigenvalue weighted by atomic mass is 10.1. The fourth-order valence-corrected chi connectivity index (χ4v) is 3.32. The highest BCUT2D eigenvalue weighted by atomic mass is 16.4. The molecule has 0 radical (unpaired) electrons. The lowest BCUT2D eigenvalue weighted by Gasteiger charge is -2.13. The third-order valence-electron chi connectivity index (χ3n) is 4.60. The SMILES string of the molecule is O=C([O-])c1cc(-n2cnc3ccccc32)cc(-n2cnc3ccccc32)c1. The number of carboxylic acids is 1. The predicted molar refractivity (Wildman–Crippen MR) is 100 cm³/mol. The summed E-state index contributed by atoms with van der Waals surface area (Å²) < 4.78 is 3.73. The number of carbonyl (C=O) groups is 1. The van der Waals surface area contributed by atoms with Crippen molar-refractivity contribution in [3.8, 4) is 11.4 Å². The molecule has 0 N–H and O–H groups in total. The van der Waals surface area contributed by atoms with E-state index in [1.807, 2.05) is 63.7 Å². The number of benzene rings is 3. The molecule has 0 bridgehead atoms. The molecular formula is C21H13N4O2-. The minimum absolute atomic E-state index is 0.0954. The second-order valence-corrected chi connectivity index (χ2v) is 6.23. The average Bonchev–Trinajstić information content (AvgIpc) is 3.32. The molecule has 6 heteroatoms. The fraction of sp³-hybridized carbons (Fsp3) is 0. The van der Waals surface area contributed by atoms with E-state index in [9.17, 15) is 9.90 Å². The predicted octanol–water partition coefficient (Wildman–Crippen LogP) is 2.73. The second kappa shape index (κ2) is 5.81. The number of carbonyl (C=O) groups excluding carboxylic acids is 1. The summed E-state index contributed by atoms with van der Waals surface area (Å²) in [6, 6.07) is 20.5. The zero-order valence-electron chi connectivity index (χ0n) is 14.1. The molecule has 0 atom stereocenters. The number of para-hydroxylation sites is 4. The standard InChI is InChI=1S/C21H14N4O2/c26-21(27)14-9-15(24-12-22-17-5-1-3-7-19(17)24)11-16(10-14)25-13-23-18-6-2-4-8-20(18)25/h1-13H,(H,26,27)/p-1. The van der Waals surface area contributed by atoms with Gasteiger partial charge in [-0.1, -0.05) is 24.3 Å². The Labute approximate surface area is 154 Å². The summed E-state index contributed by atoms with van der Waals surface area (Å²) in [6.07, 6.45) is 3.38. The molecule has 0 amide bonds. The molecule has 130 valence electrons. The summed E-state index contributed by atoms with van der Waals surface area (Å²) in [4.78, 5) is 20.4. The molecule has 0 saturated heterocycles. The van der Waals surface area contributed by atoms with E-state index in [-0.39, 0.29) is 5.56 Å². The fourth-order valence-electron chi connectivity index (χ4n) is 3.32. The maximum Gasteiger partial charge on any atom is 0.100 e. The van der Waals surface area contributed by atoms with E-state index in [4.69, 9.17) is 0 Å². The average molecular weight is 353 g/mol. The first-order valence-corrected chi connectivity index (χ1v) is 8.42. The minimum Gasteiger partial charge on any atom is -0.545 e. The Hall–Kier alpha value is -3.93. The van der Waals surface area contributed by atoms with Crippen LogP contribution in [0, 0.1) is 0 Å². The molecule has 2 aromatic heterocycles. The van der Waals surface area contributed by atoms with Gasteiger partial charge in [-0.05, 0) is 42.5 Å². The first kappa shape index (κ1) is 15.3. The highest BCUT2D eigenvalue weighted by molar-refractivity contribution is 5.88. The quantitative estimate of drug-likeness (QED) is 0.500. The largest absolute Gasteiger partial charge is 0.545 e. The molecule has 6 nitrogen and oxygen atoms in total. The van der Waals surface area contributed by atoms with Crippen LogP contribution in [0.4, 0.5) is 0 Å². The van der Waals surface area contributed by atoms with Crippen molar-refractivity contribution in [1.29, 1.82) is 0 Å². The first-order valence-electron chi connectivity index (χ1n) is 8.42. The first-order chi connectivity index (χ1) is 13.2. The topological polar surface area (TPSA) is 75.8 Å². The van der Waals surface area contributed by atoms with Crippen LogP contribution in [-0.4, -0.2) is 25.1 Å². The highest BCUT2D eigenvalue weighted by Gasteiger charge is 2.10. The molecule has 5 aromatic rings. The number of hydrogen-bond donors (Lipinski definition) is 0. The summed E-state index contributed by atoms with van der Waals surface area (Å²) >= 11 is 0. The van der Waals surface area contributed by atoms with Gasteiger partial charge in [0, 0.05) is 16.9 Å². The van der Waals surface area contributed by atoms with E-state index in [1.54, 1.807) is 24.8 Å². The van der Waals surface area contributed by atoms with E-state index >= 15 is 0 Å². The smallest absolute Gasteiger partial charge is 0.100 e. The van der Waals surface area contributed by atoms with E-state index in [0.29, 0.717) is 11.4 Å². The number of fused-ring (bicyclic) bond motifs is 2. The lowest BCUT2D eigenvalue weighted by molar-refractivity contribution is -0.255. The minimum atomic E-state index is -1.23. The second-order valence-electron chi connectivity index (χ2n) is 6.23. The Balaban J connectivity index is 1.77. The Morgan fingerprint density at radius 2 is 1.22 bits per heavy atom. The Kier molecular flexibility index (Phi) is 3.30. The van der Waals surface area contributed by atoms with Gasteiger partial charge < -0.3 is 9.90 Å². The van der Waals surface area contributed by atoms with Gasteiger partial charge in [-0.3, -0.25) is 9.13 Å². The van der Waals surface area contributed by atoms with Crippen LogP contribution in [0.3, 0.4) is 0 Å². The van der Waals surface area contributed by atoms with Crippen LogP contribution in [0.15, 0.2) is 79.4 Å². The van der Waals surface area contributed by atoms with Gasteiger partial charge in [0.2, 0.25) is 0 Å². The third-order valence-corrected chi connectivity index (χ3v) is 4.60. The van der Waals surface area contributed by atoms with E-state index in [1.165, 1.54) is 0 Å². The van der Waals surface area contributed by atoms with Gasteiger partial charge in [0.15, 0.2) is 0 Å². The van der Waals surface area contributed by atoms with Gasteiger partial charge in [-0.25, -0.2) is 9.97 Å². The maximum absolute atomic E-state index is 11.6. The summed E-state index contributed by atoms with van der Waals surface area (Å²) in [5.41, 5.74) is 4.95. The van der Waals surface area contributed by atoms with Crippen molar-refractivity contribution in [1.82, 2.24) is 19.1 Å². The van der Waals surface area contributed by atoms with Crippen LogP contribution in [0.25, 0.3) is 33.4 Å². The molecular weight excluding hydrogens is 340 g/mol. The Morgan fingerprint density at radius 3 is 1.70 bits per heavy atom. The molecule has 27 heavy (non-hydrogen) atoms. The van der Waals surface area contributed by atoms with Crippen LogP contribution < -0.4 is 5.11 Å². The Bertz CT molecular complexity index is 1220. The summed E-state index contributed by atoms with van der Waals surface area (Å²) in [6.45, 7) is 0. The summed E-state index contributed by atoms with van der Waals surface area (Å²) in [7, 11) is 0. The number of imidazole rings is 2. The molecule has 0 unspecified atom stereocenters. The summed E-state index contributed by atoms with van der Waals surface area (Å²) in [5.74, 6) is -1.23. The number of aromatic carboxylic acids is 1. The van der Waals surface area contributed by atoms with Gasteiger partial charge in [-0.15, -0.1) is 0 Å². The van der Waals surface area contributed by atoms with E-state index in [2.05, 4.69) is 9.97 Å². The molecule has 2 heterocycles. The summed E-state index contributed by atoms with van der Waals surface area (Å²) in [5, 5.41) is 11.6. The molecule has 0 saturated carbocycles. The number of rotatable bonds is 3. The highest BCUT2D eigenvalue weighted by Crippen LogP contribution is 2.24. The van der Waals surface area contributed by atoms with Crippen LogP contribution in [0.2, 0.25) is 0 Å². The number of nitrogens with zero attached hydrogens (tertiary/aromatic N) is 4. The van der Waals surface area contributed by atoms with Crippen LogP contribution >= 0.6 is 0 Å². The normalized spacial score (nSPS) is 11.3. The monoisotopic (exact) mass is 353 g/mol. The maximum atomic E-state index is 11.6. The van der Waals surface area contributed by atoms with Gasteiger partial charge in [-0.2, -0.15) is 0 Å². The number of hydrogen-bond acceptors (Lipinski definition) is 4. The molecule has 5 rings (SSSR count). The zero-order valence-corrected chi connectivity index (χ0v) is 14.1. The van der Waals surface area contributed by atoms with Crippen molar-refractivity contribution in [2.45, 2.75) is 0 Å². The van der Waals surface area contributed by atoms with Crippen molar-refractivity contribution in [3.63, 3.8) is 0 Å². The van der Waals surface area contributed by atoms with Crippen molar-refractivity contribution >= 4 is 28.0 Å². The van der Waals surface area contributed by atoms with Gasteiger partial charge >= 0.3 is 0 Å². The van der Waals surface area contributed by atoms with Gasteiger partial charge in [0.1, 0.15) is 12.7 Å². The van der Waals surface area contributed by atoms with Gasteiger partial charge in [0.05, 0.1) is 28.0 Å². The molecule has 0 aliphatic rings. The van der Waals surface area contributed by atoms with Crippen molar-refractivity contribution in [3.05, 3.63) is 84.9 Å². The zero-order chi connectivity index (χ0) is 18.4. The van der Waals surface area contributed by atoms with Crippen LogP contribution in [-0.2, 0) is 0 Å². The molecule has 3 aromatic carbocycles. The van der Waals surface area contributed by atoms with E-state index in [0.717, 1.165) is 22.1 Å². The van der Waals surface area contributed by atoms with Crippen molar-refractivity contribution < 1.29 is 9.90 Å².